The van der Waals surface area contributed by atoms with E-state index in [0.717, 1.165) is 11.3 Å². The lowest BCUT2D eigenvalue weighted by molar-refractivity contribution is -0.000758. The summed E-state index contributed by atoms with van der Waals surface area (Å²) in [4.78, 5) is 26.5. The minimum absolute atomic E-state index is 0.0998. The molecule has 1 aliphatic rings. The van der Waals surface area contributed by atoms with E-state index in [1.54, 1.807) is 40.0 Å². The number of benzene rings is 2. The number of anilines is 4. The minimum Gasteiger partial charge on any atom is -0.497 e. The highest BCUT2D eigenvalue weighted by Crippen LogP contribution is 2.38. The van der Waals surface area contributed by atoms with Gasteiger partial charge in [-0.1, -0.05) is 23.7 Å². The monoisotopic (exact) mass is 672 g/mol. The van der Waals surface area contributed by atoms with Gasteiger partial charge in [0.05, 0.1) is 53.5 Å². The number of methoxy groups -OCH3 is 1. The van der Waals surface area contributed by atoms with E-state index in [9.17, 15) is 25.5 Å². The largest absolute Gasteiger partial charge is 0.497 e. The lowest BCUT2D eigenvalue weighted by Gasteiger charge is -2.46. The van der Waals surface area contributed by atoms with E-state index in [1.165, 1.54) is 15.6 Å². The van der Waals surface area contributed by atoms with Crippen molar-refractivity contribution in [2.24, 2.45) is 0 Å². The van der Waals surface area contributed by atoms with Gasteiger partial charge in [0.15, 0.2) is 17.2 Å². The fraction of sp³-hybridized carbons (Fsp3) is 0.394. The molecule has 48 heavy (non-hydrogen) atoms. The predicted molar refractivity (Wildman–Crippen MR) is 181 cm³/mol. The van der Waals surface area contributed by atoms with E-state index in [-0.39, 0.29) is 23.2 Å². The summed E-state index contributed by atoms with van der Waals surface area (Å²) in [5.41, 5.74) is 2.02. The summed E-state index contributed by atoms with van der Waals surface area (Å²) in [7, 11) is 1.61. The van der Waals surface area contributed by atoms with E-state index in [1.807, 2.05) is 41.0 Å². The number of aliphatic hydroxyl groups excluding tert-OH is 1. The molecular formula is C33H37ClN10O4. The number of carbonyl (C=O) groups is 1. The Morgan fingerprint density at radius 2 is 1.94 bits per heavy atom. The first-order valence-corrected chi connectivity index (χ1v) is 15.8. The lowest BCUT2D eigenvalue weighted by Crippen LogP contribution is -2.60. The standard InChI is InChI=1S/C33H37ClN10O4/c1-6-41(18-20-7-9-23(48-5)10-8-20)30-29-37-17-22(16-36)44(29)40-31(39-30)38-24-13-21(15-35)14-26(28(24)34)42-12-11-25(27(45)19-42)43(32(46)47)33(2,3)4/h7-10,13-14,17,25,27,45H,6,11-12,18-19H2,1-5H3,(H,38,40)(H,46,47)/t25-,27-/m1/s1. The lowest BCUT2D eigenvalue weighted by atomic mass is 9.94. The zero-order valence-corrected chi connectivity index (χ0v) is 28.1. The third-order valence-electron chi connectivity index (χ3n) is 8.25. The van der Waals surface area contributed by atoms with Crippen LogP contribution in [0.15, 0.2) is 42.6 Å². The number of nitrogens with one attached hydrogen (secondary N) is 1. The number of rotatable bonds is 9. The van der Waals surface area contributed by atoms with Crippen molar-refractivity contribution in [2.75, 3.05) is 41.9 Å². The molecule has 1 aliphatic heterocycles. The average molecular weight is 673 g/mol. The number of imidazole rings is 1. The maximum absolute atomic E-state index is 12.1. The molecule has 3 N–H and O–H groups in total. The van der Waals surface area contributed by atoms with Crippen molar-refractivity contribution < 1.29 is 19.7 Å². The summed E-state index contributed by atoms with van der Waals surface area (Å²) >= 11 is 6.96. The summed E-state index contributed by atoms with van der Waals surface area (Å²) in [5, 5.41) is 48.7. The Morgan fingerprint density at radius 1 is 1.21 bits per heavy atom. The van der Waals surface area contributed by atoms with Crippen LogP contribution in [0, 0.1) is 22.7 Å². The number of piperidine rings is 1. The zero-order chi connectivity index (χ0) is 34.7. The van der Waals surface area contributed by atoms with E-state index < -0.39 is 23.8 Å². The first kappa shape index (κ1) is 34.0. The maximum atomic E-state index is 12.1. The first-order valence-electron chi connectivity index (χ1n) is 15.4. The van der Waals surface area contributed by atoms with Crippen LogP contribution in [-0.4, -0.2) is 85.2 Å². The fourth-order valence-electron chi connectivity index (χ4n) is 5.98. The van der Waals surface area contributed by atoms with Crippen molar-refractivity contribution >= 4 is 46.5 Å². The summed E-state index contributed by atoms with van der Waals surface area (Å²) in [5.74, 6) is 1.34. The Hall–Kier alpha value is -5.31. The molecule has 2 atom stereocenters. The SMILES string of the molecule is CCN(Cc1ccc(OC)cc1)c1nc(Nc2cc(C#N)cc(N3CC[C@@H](N(C(=O)O)C(C)(C)C)[C@H](O)C3)c2Cl)nn2c(C#N)cnc12. The summed E-state index contributed by atoms with van der Waals surface area (Å²) < 4.78 is 6.70. The van der Waals surface area contributed by atoms with Crippen molar-refractivity contribution in [3.63, 3.8) is 0 Å². The Balaban J connectivity index is 1.49. The number of hydrogen-bond acceptors (Lipinski definition) is 11. The van der Waals surface area contributed by atoms with Crippen LogP contribution in [0.5, 0.6) is 5.75 Å². The van der Waals surface area contributed by atoms with Crippen LogP contribution < -0.4 is 19.9 Å². The molecule has 14 nitrogen and oxygen atoms in total. The highest BCUT2D eigenvalue weighted by Gasteiger charge is 2.40. The highest BCUT2D eigenvalue weighted by molar-refractivity contribution is 6.36. The number of β-amino-alcohol motifs (C(OH)–C–C–N with tert-alkyl or cyclic N) is 1. The molecule has 0 bridgehead atoms. The van der Waals surface area contributed by atoms with E-state index in [4.69, 9.17) is 21.3 Å². The second-order valence-electron chi connectivity index (χ2n) is 12.4. The number of nitriles is 2. The molecule has 2 aromatic heterocycles. The van der Waals surface area contributed by atoms with Gasteiger partial charge in [-0.15, -0.1) is 5.10 Å². The molecular weight excluding hydrogens is 636 g/mol. The number of halogens is 1. The molecule has 1 saturated heterocycles. The van der Waals surface area contributed by atoms with Crippen LogP contribution >= 0.6 is 11.6 Å². The third kappa shape index (κ3) is 6.86. The number of aromatic nitrogens is 4. The smallest absolute Gasteiger partial charge is 0.408 e. The minimum atomic E-state index is -1.10. The van der Waals surface area contributed by atoms with Crippen molar-refractivity contribution in [1.82, 2.24) is 24.5 Å². The van der Waals surface area contributed by atoms with E-state index >= 15 is 0 Å². The molecule has 250 valence electrons. The van der Waals surface area contributed by atoms with Crippen LogP contribution in [0.2, 0.25) is 5.02 Å². The zero-order valence-electron chi connectivity index (χ0n) is 27.3. The quantitative estimate of drug-likeness (QED) is 0.216. The topological polar surface area (TPSA) is 179 Å². The summed E-state index contributed by atoms with van der Waals surface area (Å²) in [6.45, 7) is 8.90. The molecule has 0 radical (unpaired) electrons. The van der Waals surface area contributed by atoms with Gasteiger partial charge in [-0.2, -0.15) is 20.0 Å². The predicted octanol–water partition coefficient (Wildman–Crippen LogP) is 5.02. The van der Waals surface area contributed by atoms with Gasteiger partial charge in [0.25, 0.3) is 0 Å². The molecule has 3 heterocycles. The van der Waals surface area contributed by atoms with Crippen LogP contribution in [0.3, 0.4) is 0 Å². The normalized spacial score (nSPS) is 16.2. The first-order chi connectivity index (χ1) is 22.9. The van der Waals surface area contributed by atoms with Crippen LogP contribution in [0.4, 0.5) is 27.9 Å². The summed E-state index contributed by atoms with van der Waals surface area (Å²) in [6.07, 6.45) is -0.324. The van der Waals surface area contributed by atoms with Crippen molar-refractivity contribution in [2.45, 2.75) is 58.3 Å². The Bertz CT molecular complexity index is 1890. The Kier molecular flexibility index (Phi) is 9.79. The molecule has 0 saturated carbocycles. The van der Waals surface area contributed by atoms with Crippen LogP contribution in [-0.2, 0) is 6.54 Å². The van der Waals surface area contributed by atoms with Crippen molar-refractivity contribution in [3.8, 4) is 17.9 Å². The molecule has 0 unspecified atom stereocenters. The molecule has 15 heteroatoms. The Morgan fingerprint density at radius 3 is 2.52 bits per heavy atom. The highest BCUT2D eigenvalue weighted by atomic mass is 35.5. The number of carboxylic acid groups (broad SMARTS) is 1. The van der Waals surface area contributed by atoms with Crippen LogP contribution in [0.25, 0.3) is 5.65 Å². The van der Waals surface area contributed by atoms with Gasteiger partial charge in [-0.05, 0) is 63.9 Å². The van der Waals surface area contributed by atoms with Gasteiger partial charge in [0, 0.05) is 31.7 Å². The number of amides is 1. The molecule has 2 aromatic carbocycles. The molecule has 5 rings (SSSR count). The number of hydrogen-bond donors (Lipinski definition) is 3. The number of ether oxygens (including phenoxy) is 1. The molecule has 4 aromatic rings. The summed E-state index contributed by atoms with van der Waals surface area (Å²) in [6, 6.07) is 14.5. The molecule has 0 aliphatic carbocycles. The fourth-order valence-corrected chi connectivity index (χ4v) is 6.25. The average Bonchev–Trinajstić information content (AvgIpc) is 3.47. The number of fused-ring (bicyclic) bond motifs is 1. The second-order valence-corrected chi connectivity index (χ2v) is 12.8. The Labute approximate surface area is 283 Å². The molecule has 1 fully saturated rings. The maximum Gasteiger partial charge on any atom is 0.408 e. The van der Waals surface area contributed by atoms with Gasteiger partial charge in [-0.25, -0.2) is 9.78 Å². The van der Waals surface area contributed by atoms with E-state index in [0.29, 0.717) is 54.5 Å². The number of nitrogens with zero attached hydrogens (tertiary/aromatic N) is 9. The number of aliphatic hydroxyl groups is 1. The van der Waals surface area contributed by atoms with Gasteiger partial charge >= 0.3 is 6.09 Å². The van der Waals surface area contributed by atoms with Gasteiger partial charge in [-0.3, -0.25) is 4.90 Å². The van der Waals surface area contributed by atoms with Gasteiger partial charge in [0.1, 0.15) is 11.8 Å². The third-order valence-corrected chi connectivity index (χ3v) is 8.65. The molecule has 0 spiro atoms. The second kappa shape index (κ2) is 13.8. The van der Waals surface area contributed by atoms with Crippen molar-refractivity contribution in [1.29, 1.82) is 10.5 Å². The van der Waals surface area contributed by atoms with Crippen LogP contribution in [0.1, 0.15) is 50.9 Å². The molecule has 1 amide bonds. The van der Waals surface area contributed by atoms with Gasteiger partial charge < -0.3 is 30.1 Å². The van der Waals surface area contributed by atoms with E-state index in [2.05, 4.69) is 27.5 Å². The van der Waals surface area contributed by atoms with Crippen molar-refractivity contribution in [3.05, 3.63) is 64.4 Å². The van der Waals surface area contributed by atoms with Gasteiger partial charge in [0.2, 0.25) is 5.95 Å².